The van der Waals surface area contributed by atoms with Gasteiger partial charge in [-0.3, -0.25) is 9.59 Å². The Kier molecular flexibility index (Phi) is 11.4. The van der Waals surface area contributed by atoms with Gasteiger partial charge >= 0.3 is 0 Å². The molecule has 3 rings (SSSR count). The Morgan fingerprint density at radius 2 is 1.58 bits per heavy atom. The van der Waals surface area contributed by atoms with Gasteiger partial charge in [0, 0.05) is 24.0 Å². The van der Waals surface area contributed by atoms with Gasteiger partial charge in [-0.2, -0.15) is 0 Å². The molecule has 0 fully saturated rings. The quantitative estimate of drug-likeness (QED) is 0.229. The lowest BCUT2D eigenvalue weighted by molar-refractivity contribution is -0.142. The first-order valence-corrected chi connectivity index (χ1v) is 14.5. The molecule has 1 N–H and O–H groups in total. The maximum absolute atomic E-state index is 13.7. The largest absolute Gasteiger partial charge is 0.483 e. The molecule has 0 spiro atoms. The molecule has 202 valence electrons. The zero-order chi connectivity index (χ0) is 27.7. The summed E-state index contributed by atoms with van der Waals surface area (Å²) in [6.45, 7) is 9.00. The van der Waals surface area contributed by atoms with Crippen molar-refractivity contribution < 1.29 is 14.3 Å². The predicted molar refractivity (Wildman–Crippen MR) is 160 cm³/mol. The number of ether oxygens (including phenoxy) is 1. The average molecular weight is 644 g/mol. The van der Waals surface area contributed by atoms with Crippen LogP contribution in [0.25, 0.3) is 0 Å². The number of hydrogen-bond donors (Lipinski definition) is 1. The number of halogens is 2. The summed E-state index contributed by atoms with van der Waals surface area (Å²) >= 11 is 7.05. The molecule has 5 nitrogen and oxygen atoms in total. The Morgan fingerprint density at radius 3 is 2.18 bits per heavy atom. The Bertz CT molecular complexity index is 1200. The van der Waals surface area contributed by atoms with Crippen LogP contribution in [0.2, 0.25) is 0 Å². The fraction of sp³-hybridized carbons (Fsp3) is 0.355. The number of rotatable bonds is 12. The molecule has 1 atom stereocenters. The van der Waals surface area contributed by atoms with Crippen molar-refractivity contribution in [2.24, 2.45) is 5.92 Å². The molecule has 0 saturated carbocycles. The monoisotopic (exact) mass is 642 g/mol. The zero-order valence-corrected chi connectivity index (χ0v) is 25.6. The number of carbonyl (C=O) groups is 2. The second-order valence-electron chi connectivity index (χ2n) is 10.1. The minimum Gasteiger partial charge on any atom is -0.483 e. The van der Waals surface area contributed by atoms with Crippen molar-refractivity contribution >= 4 is 43.7 Å². The second kappa shape index (κ2) is 14.5. The Balaban J connectivity index is 1.89. The Morgan fingerprint density at radius 1 is 0.895 bits per heavy atom. The number of benzene rings is 3. The SMILES string of the molecule is CC(C)CNC(=O)[C@@H](Cc1ccccc1)N(Cc1ccc(Br)cc1)C(=O)COc1ccc(C(C)C)cc1Br. The molecular formula is C31H36Br2N2O3. The smallest absolute Gasteiger partial charge is 0.261 e. The zero-order valence-electron chi connectivity index (χ0n) is 22.4. The van der Waals surface area contributed by atoms with Crippen LogP contribution in [-0.4, -0.2) is 35.9 Å². The summed E-state index contributed by atoms with van der Waals surface area (Å²) in [4.78, 5) is 28.9. The average Bonchev–Trinajstić information content (AvgIpc) is 2.90. The minimum absolute atomic E-state index is 0.171. The molecule has 0 radical (unpaired) electrons. The van der Waals surface area contributed by atoms with Crippen LogP contribution in [0.3, 0.4) is 0 Å². The molecule has 0 heterocycles. The Hall–Kier alpha value is -2.64. The summed E-state index contributed by atoms with van der Waals surface area (Å²) in [6, 6.07) is 22.8. The highest BCUT2D eigenvalue weighted by atomic mass is 79.9. The molecule has 7 heteroatoms. The van der Waals surface area contributed by atoms with Gasteiger partial charge in [0.05, 0.1) is 4.47 Å². The summed E-state index contributed by atoms with van der Waals surface area (Å²) < 4.78 is 7.72. The van der Waals surface area contributed by atoms with Gasteiger partial charge in [0.15, 0.2) is 6.61 Å². The van der Waals surface area contributed by atoms with Gasteiger partial charge in [-0.15, -0.1) is 0 Å². The third kappa shape index (κ3) is 8.98. The van der Waals surface area contributed by atoms with E-state index in [1.54, 1.807) is 4.90 Å². The number of hydrogen-bond acceptors (Lipinski definition) is 3. The highest BCUT2D eigenvalue weighted by molar-refractivity contribution is 9.10. The summed E-state index contributed by atoms with van der Waals surface area (Å²) in [5, 5.41) is 3.04. The first-order valence-electron chi connectivity index (χ1n) is 12.9. The molecular weight excluding hydrogens is 608 g/mol. The summed E-state index contributed by atoms with van der Waals surface area (Å²) in [6.07, 6.45) is 0.403. The van der Waals surface area contributed by atoms with Crippen molar-refractivity contribution in [1.82, 2.24) is 10.2 Å². The van der Waals surface area contributed by atoms with Crippen molar-refractivity contribution in [3.8, 4) is 5.75 Å². The summed E-state index contributed by atoms with van der Waals surface area (Å²) in [7, 11) is 0. The van der Waals surface area contributed by atoms with Gasteiger partial charge < -0.3 is 15.0 Å². The van der Waals surface area contributed by atoms with E-state index in [0.29, 0.717) is 30.6 Å². The molecule has 3 aromatic carbocycles. The number of carbonyl (C=O) groups excluding carboxylic acids is 2. The first kappa shape index (κ1) is 29.9. The number of nitrogens with one attached hydrogen (secondary N) is 1. The molecule has 0 aliphatic heterocycles. The van der Waals surface area contributed by atoms with Crippen LogP contribution < -0.4 is 10.1 Å². The van der Waals surface area contributed by atoms with Gasteiger partial charge in [-0.25, -0.2) is 0 Å². The third-order valence-electron chi connectivity index (χ3n) is 6.20. The molecule has 0 aliphatic rings. The highest BCUT2D eigenvalue weighted by Crippen LogP contribution is 2.29. The van der Waals surface area contributed by atoms with Gasteiger partial charge in [0.1, 0.15) is 11.8 Å². The Labute approximate surface area is 243 Å². The summed E-state index contributed by atoms with van der Waals surface area (Å²) in [5.74, 6) is 0.840. The van der Waals surface area contributed by atoms with E-state index >= 15 is 0 Å². The molecule has 3 aromatic rings. The van der Waals surface area contributed by atoms with Crippen LogP contribution in [-0.2, 0) is 22.6 Å². The van der Waals surface area contributed by atoms with E-state index in [1.807, 2.05) is 86.6 Å². The van der Waals surface area contributed by atoms with Gasteiger partial charge in [-0.05, 0) is 68.7 Å². The van der Waals surface area contributed by atoms with Gasteiger partial charge in [0.2, 0.25) is 5.91 Å². The van der Waals surface area contributed by atoms with E-state index in [-0.39, 0.29) is 25.0 Å². The standard InChI is InChI=1S/C31H36Br2N2O3/c1-21(2)18-34-31(37)28(16-23-8-6-5-7-9-23)35(19-24-10-13-26(32)14-11-24)30(36)20-38-29-15-12-25(22(3)4)17-27(29)33/h5-15,17,21-22,28H,16,18-20H2,1-4H3,(H,34,37)/t28-/m1/s1. The lowest BCUT2D eigenvalue weighted by Crippen LogP contribution is -2.52. The van der Waals surface area contributed by atoms with Gasteiger partial charge in [0.25, 0.3) is 5.91 Å². The van der Waals surface area contributed by atoms with E-state index in [1.165, 1.54) is 5.56 Å². The molecule has 38 heavy (non-hydrogen) atoms. The van der Waals surface area contributed by atoms with Crippen molar-refractivity contribution in [3.63, 3.8) is 0 Å². The van der Waals surface area contributed by atoms with Crippen molar-refractivity contribution in [3.05, 3.63) is 98.4 Å². The summed E-state index contributed by atoms with van der Waals surface area (Å²) in [5.41, 5.74) is 3.09. The molecule has 2 amide bonds. The number of amides is 2. The van der Waals surface area contributed by atoms with Crippen LogP contribution >= 0.6 is 31.9 Å². The predicted octanol–water partition coefficient (Wildman–Crippen LogP) is 7.13. The van der Waals surface area contributed by atoms with E-state index in [0.717, 1.165) is 20.1 Å². The lowest BCUT2D eigenvalue weighted by atomic mass is 10.0. The lowest BCUT2D eigenvalue weighted by Gasteiger charge is -2.31. The number of nitrogens with zero attached hydrogens (tertiary/aromatic N) is 1. The maximum atomic E-state index is 13.7. The van der Waals surface area contributed by atoms with Crippen molar-refractivity contribution in [2.45, 2.75) is 52.6 Å². The minimum atomic E-state index is -0.692. The molecule has 0 aliphatic carbocycles. The third-order valence-corrected chi connectivity index (χ3v) is 7.34. The van der Waals surface area contributed by atoms with Crippen molar-refractivity contribution in [1.29, 1.82) is 0 Å². The van der Waals surface area contributed by atoms with E-state index in [4.69, 9.17) is 4.74 Å². The van der Waals surface area contributed by atoms with E-state index in [2.05, 4.69) is 51.0 Å². The van der Waals surface area contributed by atoms with Crippen LogP contribution in [0.1, 0.15) is 50.3 Å². The normalized spacial score (nSPS) is 11.9. The van der Waals surface area contributed by atoms with Crippen molar-refractivity contribution in [2.75, 3.05) is 13.2 Å². The fourth-order valence-electron chi connectivity index (χ4n) is 3.98. The van der Waals surface area contributed by atoms with Crippen LogP contribution in [0, 0.1) is 5.92 Å². The molecule has 0 bridgehead atoms. The highest BCUT2D eigenvalue weighted by Gasteiger charge is 2.31. The van der Waals surface area contributed by atoms with Crippen LogP contribution in [0.15, 0.2) is 81.7 Å². The maximum Gasteiger partial charge on any atom is 0.261 e. The van der Waals surface area contributed by atoms with Crippen LogP contribution in [0.4, 0.5) is 0 Å². The van der Waals surface area contributed by atoms with Gasteiger partial charge in [-0.1, -0.05) is 92.2 Å². The van der Waals surface area contributed by atoms with Crippen LogP contribution in [0.5, 0.6) is 5.75 Å². The second-order valence-corrected chi connectivity index (χ2v) is 11.9. The molecule has 0 aromatic heterocycles. The fourth-order valence-corrected chi connectivity index (χ4v) is 4.75. The van der Waals surface area contributed by atoms with E-state index < -0.39 is 6.04 Å². The first-order chi connectivity index (χ1) is 18.1. The topological polar surface area (TPSA) is 58.6 Å². The van der Waals surface area contributed by atoms with E-state index in [9.17, 15) is 9.59 Å². The molecule has 0 saturated heterocycles. The molecule has 0 unspecified atom stereocenters.